The fourth-order valence-corrected chi connectivity index (χ4v) is 3.32. The average molecular weight is 346 g/mol. The van der Waals surface area contributed by atoms with Gasteiger partial charge in [-0.15, -0.1) is 0 Å². The Bertz CT molecular complexity index is 900. The first-order chi connectivity index (χ1) is 11.7. The summed E-state index contributed by atoms with van der Waals surface area (Å²) in [5, 5.41) is 13.4. The maximum absolute atomic E-state index is 12.8. The van der Waals surface area contributed by atoms with Gasteiger partial charge in [0.15, 0.2) is 0 Å². The molecule has 0 bridgehead atoms. The second-order valence-electron chi connectivity index (χ2n) is 6.72. The number of aromatic nitrogens is 2. The number of nitrogens with one attached hydrogen (secondary N) is 2. The van der Waals surface area contributed by atoms with Crippen molar-refractivity contribution in [2.75, 3.05) is 13.1 Å². The zero-order valence-corrected chi connectivity index (χ0v) is 14.5. The number of aliphatic hydroxyl groups is 1. The molecule has 134 valence electrons. The van der Waals surface area contributed by atoms with E-state index in [1.807, 2.05) is 0 Å². The molecular formula is C17H22N4O4. The van der Waals surface area contributed by atoms with Gasteiger partial charge in [0.05, 0.1) is 23.6 Å². The molecule has 2 unspecified atom stereocenters. The highest BCUT2D eigenvalue weighted by atomic mass is 16.3. The minimum atomic E-state index is -1.15. The van der Waals surface area contributed by atoms with Crippen molar-refractivity contribution in [1.82, 2.24) is 19.8 Å². The molecule has 1 aromatic heterocycles. The summed E-state index contributed by atoms with van der Waals surface area (Å²) in [5.41, 5.74) is 0.391. The Hall–Kier alpha value is -2.61. The van der Waals surface area contributed by atoms with Crippen LogP contribution in [0.4, 0.5) is 0 Å². The van der Waals surface area contributed by atoms with Crippen molar-refractivity contribution in [3.8, 4) is 0 Å². The van der Waals surface area contributed by atoms with Gasteiger partial charge in [-0.05, 0) is 31.5 Å². The molecule has 1 saturated heterocycles. The fraction of sp³-hybridized carbons (Fsp3) is 0.471. The van der Waals surface area contributed by atoms with Crippen molar-refractivity contribution in [3.63, 3.8) is 0 Å². The van der Waals surface area contributed by atoms with E-state index in [1.54, 1.807) is 37.1 Å². The number of β-amino-alcohol motifs (C(OH)–C–C–N with tert-alkyl or cyclic N) is 1. The van der Waals surface area contributed by atoms with E-state index >= 15 is 0 Å². The number of hydrogen-bond donors (Lipinski definition) is 3. The third-order valence-electron chi connectivity index (χ3n) is 4.94. The number of aryl methyl sites for hydroxylation is 1. The standard InChI is InChI=1S/C17H22N4O4/c1-10(18-11(2)22)17(25)6-7-21(9-17)15(23)12-4-5-13-14(8-12)20(3)16(24)19-13/h4-5,8,10,25H,6-7,9H2,1-3H3,(H,18,22)(H,19,24). The van der Waals surface area contributed by atoms with Crippen LogP contribution in [0.25, 0.3) is 11.0 Å². The van der Waals surface area contributed by atoms with Crippen LogP contribution in [0.2, 0.25) is 0 Å². The summed E-state index contributed by atoms with van der Waals surface area (Å²) < 4.78 is 1.45. The van der Waals surface area contributed by atoms with Gasteiger partial charge in [0, 0.05) is 26.1 Å². The number of benzene rings is 1. The van der Waals surface area contributed by atoms with E-state index in [9.17, 15) is 19.5 Å². The Morgan fingerprint density at radius 2 is 2.12 bits per heavy atom. The number of nitrogens with zero attached hydrogens (tertiary/aromatic N) is 2. The molecule has 1 fully saturated rings. The highest BCUT2D eigenvalue weighted by molar-refractivity contribution is 5.97. The molecule has 8 heteroatoms. The summed E-state index contributed by atoms with van der Waals surface area (Å²) in [4.78, 5) is 39.9. The van der Waals surface area contributed by atoms with Crippen LogP contribution in [0.15, 0.2) is 23.0 Å². The molecule has 2 atom stereocenters. The number of carbonyl (C=O) groups is 2. The first kappa shape index (κ1) is 17.2. The molecule has 0 saturated carbocycles. The van der Waals surface area contributed by atoms with E-state index in [0.717, 1.165) is 0 Å². The molecule has 8 nitrogen and oxygen atoms in total. The third-order valence-corrected chi connectivity index (χ3v) is 4.94. The Labute approximate surface area is 144 Å². The first-order valence-corrected chi connectivity index (χ1v) is 8.19. The van der Waals surface area contributed by atoms with Crippen molar-refractivity contribution in [2.45, 2.75) is 31.9 Å². The van der Waals surface area contributed by atoms with Gasteiger partial charge in [-0.1, -0.05) is 0 Å². The highest BCUT2D eigenvalue weighted by Crippen LogP contribution is 2.26. The fourth-order valence-electron chi connectivity index (χ4n) is 3.32. The number of imidazole rings is 1. The molecule has 1 aromatic carbocycles. The number of hydrogen-bond acceptors (Lipinski definition) is 4. The van der Waals surface area contributed by atoms with Gasteiger partial charge in [0.1, 0.15) is 5.60 Å². The molecule has 25 heavy (non-hydrogen) atoms. The van der Waals surface area contributed by atoms with E-state index in [-0.39, 0.29) is 24.0 Å². The van der Waals surface area contributed by atoms with Gasteiger partial charge in [0.25, 0.3) is 5.91 Å². The normalized spacial score (nSPS) is 21.5. The van der Waals surface area contributed by atoms with Crippen LogP contribution in [0, 0.1) is 0 Å². The van der Waals surface area contributed by atoms with E-state index in [0.29, 0.717) is 29.6 Å². The molecule has 1 aliphatic heterocycles. The molecule has 1 aliphatic rings. The predicted molar refractivity (Wildman–Crippen MR) is 92.3 cm³/mol. The molecule has 0 spiro atoms. The van der Waals surface area contributed by atoms with Gasteiger partial charge in [-0.25, -0.2) is 4.79 Å². The topological polar surface area (TPSA) is 107 Å². The lowest BCUT2D eigenvalue weighted by Crippen LogP contribution is -2.52. The van der Waals surface area contributed by atoms with Crippen LogP contribution < -0.4 is 11.0 Å². The number of amides is 2. The molecule has 3 rings (SSSR count). The second kappa shape index (κ2) is 6.03. The summed E-state index contributed by atoms with van der Waals surface area (Å²) >= 11 is 0. The molecular weight excluding hydrogens is 324 g/mol. The number of H-pyrrole nitrogens is 1. The van der Waals surface area contributed by atoms with Crippen molar-refractivity contribution in [2.24, 2.45) is 7.05 Å². The van der Waals surface area contributed by atoms with Crippen molar-refractivity contribution < 1.29 is 14.7 Å². The molecule has 2 aromatic rings. The van der Waals surface area contributed by atoms with Crippen molar-refractivity contribution >= 4 is 22.8 Å². The Morgan fingerprint density at radius 3 is 2.80 bits per heavy atom. The smallest absolute Gasteiger partial charge is 0.326 e. The summed E-state index contributed by atoms with van der Waals surface area (Å²) in [5.74, 6) is -0.425. The number of rotatable bonds is 3. The lowest BCUT2D eigenvalue weighted by Gasteiger charge is -2.30. The summed E-state index contributed by atoms with van der Waals surface area (Å²) in [6, 6.07) is 4.58. The minimum Gasteiger partial charge on any atom is -0.386 e. The Balaban J connectivity index is 1.81. The maximum atomic E-state index is 12.8. The lowest BCUT2D eigenvalue weighted by molar-refractivity contribution is -0.121. The Kier molecular flexibility index (Phi) is 4.16. The van der Waals surface area contributed by atoms with Crippen LogP contribution in [0.1, 0.15) is 30.6 Å². The third kappa shape index (κ3) is 3.05. The Morgan fingerprint density at radius 1 is 1.40 bits per heavy atom. The van der Waals surface area contributed by atoms with E-state index < -0.39 is 11.6 Å². The van der Waals surface area contributed by atoms with Crippen LogP contribution in [-0.4, -0.2) is 56.1 Å². The van der Waals surface area contributed by atoms with Crippen molar-refractivity contribution in [3.05, 3.63) is 34.2 Å². The SMILES string of the molecule is CC(=O)NC(C)C1(O)CCN(C(=O)c2ccc3[nH]c(=O)n(C)c3c2)C1. The molecule has 2 amide bonds. The van der Waals surface area contributed by atoms with Gasteiger partial charge in [-0.3, -0.25) is 14.2 Å². The predicted octanol–water partition coefficient (Wildman–Crippen LogP) is -0.0318. The summed E-state index contributed by atoms with van der Waals surface area (Å²) in [6.07, 6.45) is 0.394. The first-order valence-electron chi connectivity index (χ1n) is 8.19. The van der Waals surface area contributed by atoms with Gasteiger partial charge >= 0.3 is 5.69 Å². The number of fused-ring (bicyclic) bond motifs is 1. The maximum Gasteiger partial charge on any atom is 0.326 e. The summed E-state index contributed by atoms with van der Waals surface area (Å²) in [7, 11) is 1.64. The van der Waals surface area contributed by atoms with Crippen LogP contribution in [-0.2, 0) is 11.8 Å². The zero-order chi connectivity index (χ0) is 18.4. The van der Waals surface area contributed by atoms with Crippen LogP contribution in [0.3, 0.4) is 0 Å². The van der Waals surface area contributed by atoms with Crippen molar-refractivity contribution in [1.29, 1.82) is 0 Å². The van der Waals surface area contributed by atoms with E-state index in [1.165, 1.54) is 11.5 Å². The van der Waals surface area contributed by atoms with Gasteiger partial charge < -0.3 is 20.3 Å². The quantitative estimate of drug-likeness (QED) is 0.725. The number of aromatic amines is 1. The van der Waals surface area contributed by atoms with E-state index in [2.05, 4.69) is 10.3 Å². The second-order valence-corrected chi connectivity index (χ2v) is 6.72. The largest absolute Gasteiger partial charge is 0.386 e. The summed E-state index contributed by atoms with van der Waals surface area (Å²) in [6.45, 7) is 3.69. The highest BCUT2D eigenvalue weighted by Gasteiger charge is 2.43. The van der Waals surface area contributed by atoms with E-state index in [4.69, 9.17) is 0 Å². The molecule has 0 radical (unpaired) electrons. The monoisotopic (exact) mass is 346 g/mol. The van der Waals surface area contributed by atoms with Gasteiger partial charge in [0.2, 0.25) is 5.91 Å². The van der Waals surface area contributed by atoms with Crippen LogP contribution in [0.5, 0.6) is 0 Å². The zero-order valence-electron chi connectivity index (χ0n) is 14.5. The molecule has 3 N–H and O–H groups in total. The molecule has 0 aliphatic carbocycles. The van der Waals surface area contributed by atoms with Crippen LogP contribution >= 0.6 is 0 Å². The average Bonchev–Trinajstić information content (AvgIpc) is 3.08. The molecule has 2 heterocycles. The number of carbonyl (C=O) groups excluding carboxylic acids is 2. The minimum absolute atomic E-state index is 0.150. The van der Waals surface area contributed by atoms with Gasteiger partial charge in [-0.2, -0.15) is 0 Å². The number of likely N-dealkylation sites (tertiary alicyclic amines) is 1. The lowest BCUT2D eigenvalue weighted by atomic mass is 9.94.